The number of aliphatic imine (C=N–C) groups is 1. The highest BCUT2D eigenvalue weighted by Gasteiger charge is 2.27. The van der Waals surface area contributed by atoms with Gasteiger partial charge < -0.3 is 5.32 Å². The number of hydrogen-bond donors (Lipinski definition) is 1. The van der Waals surface area contributed by atoms with Gasteiger partial charge in [-0.05, 0) is 36.1 Å². The first-order valence-electron chi connectivity index (χ1n) is 8.71. The number of amides is 2. The summed E-state index contributed by atoms with van der Waals surface area (Å²) in [7, 11) is 0. The van der Waals surface area contributed by atoms with Crippen molar-refractivity contribution < 1.29 is 9.59 Å². The van der Waals surface area contributed by atoms with Crippen LogP contribution in [0.25, 0.3) is 0 Å². The molecule has 1 saturated heterocycles. The third-order valence-electron chi connectivity index (χ3n) is 4.06. The average molecular weight is 456 g/mol. The number of hydrogen-bond acceptors (Lipinski definition) is 5. The Morgan fingerprint density at radius 3 is 2.79 bits per heavy atom. The standard InChI is InChI=1S/C19H19Cl2N3O2S2/c1-12(25)22-16(17-4-2-8-27-17)11-18(26)24-7-3-9-28-19(24)23-13-5-6-14(20)15(21)10-13/h2,4-6,8,10,16H,3,7,9,11H2,1H3,(H,22,25). The molecule has 0 radical (unpaired) electrons. The lowest BCUT2D eigenvalue weighted by Crippen LogP contribution is -2.41. The molecule has 148 valence electrons. The Labute approximate surface area is 182 Å². The maximum Gasteiger partial charge on any atom is 0.230 e. The Balaban J connectivity index is 1.80. The molecule has 2 aromatic rings. The minimum absolute atomic E-state index is 0.0711. The van der Waals surface area contributed by atoms with E-state index >= 15 is 0 Å². The van der Waals surface area contributed by atoms with Gasteiger partial charge in [-0.15, -0.1) is 11.3 Å². The number of benzene rings is 1. The molecular weight excluding hydrogens is 437 g/mol. The molecule has 1 aromatic carbocycles. The summed E-state index contributed by atoms with van der Waals surface area (Å²) in [5.41, 5.74) is 0.647. The van der Waals surface area contributed by atoms with Gasteiger partial charge in [0, 0.05) is 24.1 Å². The molecule has 1 aliphatic heterocycles. The van der Waals surface area contributed by atoms with E-state index in [1.54, 1.807) is 23.1 Å². The van der Waals surface area contributed by atoms with Crippen LogP contribution in [0.2, 0.25) is 10.0 Å². The zero-order valence-electron chi connectivity index (χ0n) is 15.2. The van der Waals surface area contributed by atoms with E-state index in [4.69, 9.17) is 23.2 Å². The Morgan fingerprint density at radius 1 is 1.29 bits per heavy atom. The molecule has 0 aliphatic carbocycles. The summed E-state index contributed by atoms with van der Waals surface area (Å²) >= 11 is 15.1. The summed E-state index contributed by atoms with van der Waals surface area (Å²) in [5.74, 6) is 0.659. The molecule has 1 aromatic heterocycles. The summed E-state index contributed by atoms with van der Waals surface area (Å²) in [5, 5.41) is 6.33. The molecule has 0 spiro atoms. The number of nitrogens with zero attached hydrogens (tertiary/aromatic N) is 2. The molecule has 1 atom stereocenters. The first-order valence-corrected chi connectivity index (χ1v) is 11.3. The van der Waals surface area contributed by atoms with Gasteiger partial charge >= 0.3 is 0 Å². The van der Waals surface area contributed by atoms with Crippen LogP contribution in [-0.4, -0.2) is 34.2 Å². The number of thioether (sulfide) groups is 1. The summed E-state index contributed by atoms with van der Waals surface area (Å²) in [6, 6.07) is 8.63. The van der Waals surface area contributed by atoms with Crippen LogP contribution in [0.4, 0.5) is 5.69 Å². The van der Waals surface area contributed by atoms with Crippen LogP contribution in [0, 0.1) is 0 Å². The van der Waals surface area contributed by atoms with E-state index in [9.17, 15) is 9.59 Å². The fourth-order valence-corrected chi connectivity index (χ4v) is 4.84. The number of amidine groups is 1. The van der Waals surface area contributed by atoms with Crippen molar-refractivity contribution in [2.75, 3.05) is 12.3 Å². The molecule has 1 unspecified atom stereocenters. The molecule has 2 amide bonds. The lowest BCUT2D eigenvalue weighted by Gasteiger charge is -2.29. The summed E-state index contributed by atoms with van der Waals surface area (Å²) < 4.78 is 0. The monoisotopic (exact) mass is 455 g/mol. The second-order valence-electron chi connectivity index (χ2n) is 6.21. The number of thiophene rings is 1. The van der Waals surface area contributed by atoms with E-state index in [1.807, 2.05) is 17.5 Å². The first-order chi connectivity index (χ1) is 13.4. The van der Waals surface area contributed by atoms with Crippen molar-refractivity contribution in [3.8, 4) is 0 Å². The van der Waals surface area contributed by atoms with E-state index in [0.29, 0.717) is 27.4 Å². The fraction of sp³-hybridized carbons (Fsp3) is 0.316. The molecule has 2 heterocycles. The maximum atomic E-state index is 13.0. The third kappa shape index (κ3) is 5.50. The average Bonchev–Trinajstić information content (AvgIpc) is 3.19. The number of nitrogens with one attached hydrogen (secondary N) is 1. The molecule has 3 rings (SSSR count). The van der Waals surface area contributed by atoms with E-state index in [2.05, 4.69) is 10.3 Å². The molecule has 9 heteroatoms. The lowest BCUT2D eigenvalue weighted by atomic mass is 10.1. The Kier molecular flexibility index (Phi) is 7.40. The smallest absolute Gasteiger partial charge is 0.230 e. The summed E-state index contributed by atoms with van der Waals surface area (Å²) in [4.78, 5) is 31.9. The van der Waals surface area contributed by atoms with Crippen LogP contribution in [-0.2, 0) is 9.59 Å². The van der Waals surface area contributed by atoms with Gasteiger partial charge in [-0.25, -0.2) is 4.99 Å². The topological polar surface area (TPSA) is 61.8 Å². The minimum atomic E-state index is -0.344. The molecule has 0 saturated carbocycles. The maximum absolute atomic E-state index is 13.0. The van der Waals surface area contributed by atoms with Gasteiger partial charge in [0.2, 0.25) is 11.8 Å². The molecule has 1 fully saturated rings. The largest absolute Gasteiger partial charge is 0.348 e. The van der Waals surface area contributed by atoms with Gasteiger partial charge in [0.15, 0.2) is 5.17 Å². The summed E-state index contributed by atoms with van der Waals surface area (Å²) in [6.07, 6.45) is 1.07. The van der Waals surface area contributed by atoms with E-state index < -0.39 is 0 Å². The van der Waals surface area contributed by atoms with Crippen LogP contribution in [0.5, 0.6) is 0 Å². The highest BCUT2D eigenvalue weighted by molar-refractivity contribution is 8.13. The van der Waals surface area contributed by atoms with Gasteiger partial charge in [-0.3, -0.25) is 14.5 Å². The van der Waals surface area contributed by atoms with Gasteiger partial charge in [0.05, 0.1) is 28.2 Å². The minimum Gasteiger partial charge on any atom is -0.348 e. The van der Waals surface area contributed by atoms with Crippen LogP contribution in [0.3, 0.4) is 0 Å². The number of carbonyl (C=O) groups excluding carboxylic acids is 2. The van der Waals surface area contributed by atoms with Crippen LogP contribution >= 0.6 is 46.3 Å². The zero-order chi connectivity index (χ0) is 20.1. The number of carbonyl (C=O) groups is 2. The van der Waals surface area contributed by atoms with E-state index in [-0.39, 0.29) is 24.3 Å². The van der Waals surface area contributed by atoms with Crippen LogP contribution in [0.15, 0.2) is 40.7 Å². The number of halogens is 2. The Hall–Kier alpha value is -1.54. The normalized spacial score (nSPS) is 16.8. The van der Waals surface area contributed by atoms with Gasteiger partial charge in [0.1, 0.15) is 0 Å². The molecule has 1 N–H and O–H groups in total. The van der Waals surface area contributed by atoms with Gasteiger partial charge in [-0.2, -0.15) is 0 Å². The van der Waals surface area contributed by atoms with Crippen molar-refractivity contribution in [1.82, 2.24) is 10.2 Å². The second kappa shape index (κ2) is 9.78. The van der Waals surface area contributed by atoms with E-state index in [1.165, 1.54) is 30.0 Å². The SMILES string of the molecule is CC(=O)NC(CC(=O)N1CCCSC1=Nc1ccc(Cl)c(Cl)c1)c1cccs1. The third-order valence-corrected chi connectivity index (χ3v) is 6.85. The Morgan fingerprint density at radius 2 is 2.11 bits per heavy atom. The molecule has 1 aliphatic rings. The van der Waals surface area contributed by atoms with Gasteiger partial charge in [0.25, 0.3) is 0 Å². The fourth-order valence-electron chi connectivity index (χ4n) is 2.79. The zero-order valence-corrected chi connectivity index (χ0v) is 18.3. The van der Waals surface area contributed by atoms with Crippen molar-refractivity contribution >= 4 is 69.0 Å². The molecule has 0 bridgehead atoms. The first kappa shape index (κ1) is 21.2. The van der Waals surface area contributed by atoms with E-state index in [0.717, 1.165) is 17.1 Å². The van der Waals surface area contributed by atoms with Crippen molar-refractivity contribution in [2.45, 2.75) is 25.8 Å². The second-order valence-corrected chi connectivity index (χ2v) is 9.07. The lowest BCUT2D eigenvalue weighted by molar-refractivity contribution is -0.128. The van der Waals surface area contributed by atoms with Crippen molar-refractivity contribution in [3.63, 3.8) is 0 Å². The van der Waals surface area contributed by atoms with Crippen molar-refractivity contribution in [1.29, 1.82) is 0 Å². The van der Waals surface area contributed by atoms with Crippen molar-refractivity contribution in [3.05, 3.63) is 50.6 Å². The van der Waals surface area contributed by atoms with Crippen LogP contribution < -0.4 is 5.32 Å². The molecular formula is C19H19Cl2N3O2S2. The highest BCUT2D eigenvalue weighted by Crippen LogP contribution is 2.30. The van der Waals surface area contributed by atoms with Crippen molar-refractivity contribution in [2.24, 2.45) is 4.99 Å². The molecule has 28 heavy (non-hydrogen) atoms. The van der Waals surface area contributed by atoms with Gasteiger partial charge in [-0.1, -0.05) is 41.0 Å². The predicted octanol–water partition coefficient (Wildman–Crippen LogP) is 5.28. The molecule has 5 nitrogen and oxygen atoms in total. The Bertz CT molecular complexity index is 887. The number of rotatable bonds is 5. The quantitative estimate of drug-likeness (QED) is 0.666. The van der Waals surface area contributed by atoms with Crippen LogP contribution in [0.1, 0.15) is 30.7 Å². The predicted molar refractivity (Wildman–Crippen MR) is 118 cm³/mol. The highest BCUT2D eigenvalue weighted by atomic mass is 35.5. The summed E-state index contributed by atoms with van der Waals surface area (Å²) in [6.45, 7) is 2.06.